The second kappa shape index (κ2) is 11.3. The zero-order valence-electron chi connectivity index (χ0n) is 20.2. The summed E-state index contributed by atoms with van der Waals surface area (Å²) in [5.41, 5.74) is 1.77. The van der Waals surface area contributed by atoms with Gasteiger partial charge in [-0.2, -0.15) is 0 Å². The highest BCUT2D eigenvalue weighted by molar-refractivity contribution is 6.21. The van der Waals surface area contributed by atoms with Crippen molar-refractivity contribution in [1.82, 2.24) is 15.1 Å². The second-order valence-electron chi connectivity index (χ2n) is 9.33. The van der Waals surface area contributed by atoms with Crippen LogP contribution in [0.3, 0.4) is 0 Å². The van der Waals surface area contributed by atoms with Crippen LogP contribution in [-0.4, -0.2) is 52.1 Å². The van der Waals surface area contributed by atoms with E-state index in [0.29, 0.717) is 30.5 Å². The van der Waals surface area contributed by atoms with Crippen LogP contribution in [0.1, 0.15) is 78.1 Å². The highest BCUT2D eigenvalue weighted by Gasteiger charge is 2.35. The lowest BCUT2D eigenvalue weighted by Crippen LogP contribution is -2.51. The van der Waals surface area contributed by atoms with Crippen LogP contribution in [-0.2, 0) is 16.1 Å². The maximum Gasteiger partial charge on any atom is 0.261 e. The van der Waals surface area contributed by atoms with Crippen molar-refractivity contribution < 1.29 is 19.2 Å². The van der Waals surface area contributed by atoms with E-state index in [1.807, 2.05) is 37.3 Å². The van der Waals surface area contributed by atoms with Crippen LogP contribution in [0.25, 0.3) is 0 Å². The van der Waals surface area contributed by atoms with Gasteiger partial charge in [-0.3, -0.25) is 24.1 Å². The van der Waals surface area contributed by atoms with Crippen LogP contribution < -0.4 is 5.32 Å². The Morgan fingerprint density at radius 1 is 0.971 bits per heavy atom. The van der Waals surface area contributed by atoms with Crippen molar-refractivity contribution in [3.63, 3.8) is 0 Å². The molecule has 4 rings (SSSR count). The SMILES string of the molecule is CC[C@@H](C(=O)NC1CCCC1)N(Cc1ccccc1)C(=O)CCCN1C(=O)c2ccccc2C1=O. The van der Waals surface area contributed by atoms with Gasteiger partial charge in [0.1, 0.15) is 6.04 Å². The average molecular weight is 476 g/mol. The van der Waals surface area contributed by atoms with E-state index >= 15 is 0 Å². The van der Waals surface area contributed by atoms with E-state index in [4.69, 9.17) is 0 Å². The van der Waals surface area contributed by atoms with E-state index in [9.17, 15) is 19.2 Å². The van der Waals surface area contributed by atoms with Gasteiger partial charge in [-0.05, 0) is 43.4 Å². The molecule has 2 aromatic rings. The quantitative estimate of drug-likeness (QED) is 0.528. The van der Waals surface area contributed by atoms with Gasteiger partial charge in [0, 0.05) is 25.6 Å². The number of carbonyl (C=O) groups excluding carboxylic acids is 4. The number of nitrogens with zero attached hydrogens (tertiary/aromatic N) is 2. The molecule has 2 aliphatic rings. The van der Waals surface area contributed by atoms with Crippen LogP contribution >= 0.6 is 0 Å². The Morgan fingerprint density at radius 3 is 2.17 bits per heavy atom. The lowest BCUT2D eigenvalue weighted by Gasteiger charge is -2.31. The first kappa shape index (κ1) is 24.6. The van der Waals surface area contributed by atoms with Crippen molar-refractivity contribution in [1.29, 1.82) is 0 Å². The monoisotopic (exact) mass is 475 g/mol. The minimum atomic E-state index is -0.567. The fourth-order valence-corrected chi connectivity index (χ4v) is 5.04. The third-order valence-corrected chi connectivity index (χ3v) is 6.93. The summed E-state index contributed by atoms with van der Waals surface area (Å²) in [4.78, 5) is 54.7. The Balaban J connectivity index is 1.42. The molecule has 1 saturated carbocycles. The molecule has 1 aliphatic carbocycles. The van der Waals surface area contributed by atoms with E-state index in [1.165, 1.54) is 4.90 Å². The molecule has 1 atom stereocenters. The van der Waals surface area contributed by atoms with Crippen LogP contribution in [0, 0.1) is 0 Å². The predicted octanol–water partition coefficient (Wildman–Crippen LogP) is 3.93. The highest BCUT2D eigenvalue weighted by Crippen LogP contribution is 2.23. The van der Waals surface area contributed by atoms with E-state index in [0.717, 1.165) is 31.2 Å². The van der Waals surface area contributed by atoms with Crippen LogP contribution in [0.15, 0.2) is 54.6 Å². The summed E-state index contributed by atoms with van der Waals surface area (Å²) in [6.07, 6.45) is 5.20. The molecule has 4 amide bonds. The molecule has 0 spiro atoms. The lowest BCUT2D eigenvalue weighted by molar-refractivity contribution is -0.141. The Hall–Kier alpha value is -3.48. The van der Waals surface area contributed by atoms with Crippen molar-refractivity contribution in [3.8, 4) is 0 Å². The summed E-state index contributed by atoms with van der Waals surface area (Å²) >= 11 is 0. The fraction of sp³-hybridized carbons (Fsp3) is 0.429. The van der Waals surface area contributed by atoms with E-state index in [2.05, 4.69) is 5.32 Å². The van der Waals surface area contributed by atoms with Gasteiger partial charge in [0.25, 0.3) is 11.8 Å². The van der Waals surface area contributed by atoms with Gasteiger partial charge in [0.15, 0.2) is 0 Å². The van der Waals surface area contributed by atoms with Gasteiger partial charge < -0.3 is 10.2 Å². The maximum atomic E-state index is 13.4. The summed E-state index contributed by atoms with van der Waals surface area (Å²) in [6.45, 7) is 2.43. The number of hydrogen-bond acceptors (Lipinski definition) is 4. The van der Waals surface area contributed by atoms with Crippen molar-refractivity contribution in [2.24, 2.45) is 0 Å². The van der Waals surface area contributed by atoms with Gasteiger partial charge in [-0.1, -0.05) is 62.2 Å². The zero-order chi connectivity index (χ0) is 24.8. The van der Waals surface area contributed by atoms with Crippen LogP contribution in [0.2, 0.25) is 0 Å². The Morgan fingerprint density at radius 2 is 1.57 bits per heavy atom. The maximum absolute atomic E-state index is 13.4. The molecule has 1 heterocycles. The Labute approximate surface area is 206 Å². The summed E-state index contributed by atoms with van der Waals surface area (Å²) < 4.78 is 0. The first-order valence-corrected chi connectivity index (χ1v) is 12.6. The van der Waals surface area contributed by atoms with Crippen LogP contribution in [0.5, 0.6) is 0 Å². The number of nitrogens with one attached hydrogen (secondary N) is 1. The average Bonchev–Trinajstić information content (AvgIpc) is 3.47. The van der Waals surface area contributed by atoms with E-state index < -0.39 is 6.04 Å². The van der Waals surface area contributed by atoms with Crippen molar-refractivity contribution in [2.45, 2.75) is 70.5 Å². The molecule has 0 unspecified atom stereocenters. The molecule has 35 heavy (non-hydrogen) atoms. The second-order valence-corrected chi connectivity index (χ2v) is 9.33. The fourth-order valence-electron chi connectivity index (χ4n) is 5.04. The first-order valence-electron chi connectivity index (χ1n) is 12.6. The van der Waals surface area contributed by atoms with Gasteiger partial charge >= 0.3 is 0 Å². The summed E-state index contributed by atoms with van der Waals surface area (Å²) in [5, 5.41) is 3.14. The topological polar surface area (TPSA) is 86.8 Å². The number of benzene rings is 2. The molecule has 0 bridgehead atoms. The summed E-state index contributed by atoms with van der Waals surface area (Å²) in [5.74, 6) is -0.897. The van der Waals surface area contributed by atoms with Crippen LogP contribution in [0.4, 0.5) is 0 Å². The minimum absolute atomic E-state index is 0.107. The largest absolute Gasteiger partial charge is 0.352 e. The molecule has 0 saturated heterocycles. The first-order chi connectivity index (χ1) is 17.0. The van der Waals surface area contributed by atoms with Gasteiger partial charge in [-0.25, -0.2) is 0 Å². The normalized spacial score (nSPS) is 16.3. The van der Waals surface area contributed by atoms with E-state index in [-0.39, 0.29) is 42.6 Å². The Bertz CT molecular complexity index is 1040. The molecular formula is C28H33N3O4. The minimum Gasteiger partial charge on any atom is -0.352 e. The summed E-state index contributed by atoms with van der Waals surface area (Å²) in [7, 11) is 0. The Kier molecular flexibility index (Phi) is 7.95. The van der Waals surface area contributed by atoms with Gasteiger partial charge in [0.05, 0.1) is 11.1 Å². The molecule has 2 aromatic carbocycles. The number of rotatable bonds is 10. The third-order valence-electron chi connectivity index (χ3n) is 6.93. The molecule has 1 N–H and O–H groups in total. The molecule has 7 heteroatoms. The van der Waals surface area contributed by atoms with Gasteiger partial charge in [-0.15, -0.1) is 0 Å². The third kappa shape index (κ3) is 5.61. The number of hydrogen-bond donors (Lipinski definition) is 1. The molecule has 0 radical (unpaired) electrons. The number of imide groups is 1. The predicted molar refractivity (Wildman–Crippen MR) is 133 cm³/mol. The molecule has 184 valence electrons. The van der Waals surface area contributed by atoms with Crippen molar-refractivity contribution in [2.75, 3.05) is 6.54 Å². The standard InChI is InChI=1S/C28H33N3O4/c1-2-24(26(33)29-21-13-6-7-14-21)31(19-20-11-4-3-5-12-20)25(32)17-10-18-30-27(34)22-15-8-9-16-23(22)28(30)35/h3-5,8-9,11-12,15-16,21,24H,2,6-7,10,13-14,17-19H2,1H3,(H,29,33)/t24-/m0/s1. The van der Waals surface area contributed by atoms with Gasteiger partial charge in [0.2, 0.25) is 11.8 Å². The lowest BCUT2D eigenvalue weighted by atomic mass is 10.1. The molecule has 1 aliphatic heterocycles. The highest BCUT2D eigenvalue weighted by atomic mass is 16.2. The number of amides is 4. The smallest absolute Gasteiger partial charge is 0.261 e. The molecule has 7 nitrogen and oxygen atoms in total. The molecule has 1 fully saturated rings. The summed E-state index contributed by atoms with van der Waals surface area (Å²) in [6, 6.07) is 16.0. The molecular weight excluding hydrogens is 442 g/mol. The van der Waals surface area contributed by atoms with Crippen molar-refractivity contribution in [3.05, 3.63) is 71.3 Å². The number of carbonyl (C=O) groups is 4. The molecule has 0 aromatic heterocycles. The van der Waals surface area contributed by atoms with E-state index in [1.54, 1.807) is 29.2 Å². The van der Waals surface area contributed by atoms with Crippen molar-refractivity contribution >= 4 is 23.6 Å². The zero-order valence-corrected chi connectivity index (χ0v) is 20.2. The number of fused-ring (bicyclic) bond motifs is 1.